The van der Waals surface area contributed by atoms with Crippen LogP contribution in [-0.2, 0) is 14.2 Å². The first-order valence-corrected chi connectivity index (χ1v) is 12.5. The van der Waals surface area contributed by atoms with E-state index >= 15 is 0 Å². The molecule has 0 amide bonds. The predicted octanol–water partition coefficient (Wildman–Crippen LogP) is 8.22. The number of allylic oxidation sites excluding steroid dienone is 4. The van der Waals surface area contributed by atoms with Gasteiger partial charge in [-0.3, -0.25) is 0 Å². The molecule has 3 nitrogen and oxygen atoms in total. The van der Waals surface area contributed by atoms with Crippen molar-refractivity contribution in [1.82, 2.24) is 0 Å². The third kappa shape index (κ3) is 9.74. The van der Waals surface area contributed by atoms with Crippen LogP contribution in [0, 0.1) is 11.8 Å². The van der Waals surface area contributed by atoms with Gasteiger partial charge in [0, 0.05) is 0 Å². The van der Waals surface area contributed by atoms with Crippen LogP contribution >= 0.6 is 0 Å². The van der Waals surface area contributed by atoms with Gasteiger partial charge in [-0.05, 0) is 82.1 Å². The zero-order valence-corrected chi connectivity index (χ0v) is 21.1. The molecular weight excluding hydrogens is 410 g/mol. The maximum absolute atomic E-state index is 14.3. The molecule has 1 saturated heterocycles. The maximum atomic E-state index is 14.3. The minimum absolute atomic E-state index is 0.0459. The second-order valence-electron chi connectivity index (χ2n) is 9.06. The molecular formula is C27H46F2O3. The molecule has 1 aliphatic heterocycles. The van der Waals surface area contributed by atoms with E-state index < -0.39 is 11.7 Å². The van der Waals surface area contributed by atoms with Gasteiger partial charge in [0.05, 0.1) is 32.5 Å². The highest BCUT2D eigenvalue weighted by Crippen LogP contribution is 2.37. The molecule has 1 aliphatic carbocycles. The Labute approximate surface area is 195 Å². The minimum atomic E-state index is -0.930. The summed E-state index contributed by atoms with van der Waals surface area (Å²) in [5.74, 6) is -0.477. The summed E-state index contributed by atoms with van der Waals surface area (Å²) in [4.78, 5) is 0. The molecule has 0 spiro atoms. The van der Waals surface area contributed by atoms with E-state index in [-0.39, 0.29) is 18.5 Å². The van der Waals surface area contributed by atoms with E-state index in [4.69, 9.17) is 14.2 Å². The Hall–Kier alpha value is -1.20. The lowest BCUT2D eigenvalue weighted by Crippen LogP contribution is -2.33. The molecule has 2 aliphatic rings. The summed E-state index contributed by atoms with van der Waals surface area (Å²) in [7, 11) is 1.33. The van der Waals surface area contributed by atoms with Gasteiger partial charge >= 0.3 is 0 Å². The number of hydrogen-bond donors (Lipinski definition) is 0. The lowest BCUT2D eigenvalue weighted by Gasteiger charge is -2.37. The molecule has 2 atom stereocenters. The van der Waals surface area contributed by atoms with Gasteiger partial charge in [0.15, 0.2) is 11.7 Å². The third-order valence-electron chi connectivity index (χ3n) is 6.52. The summed E-state index contributed by atoms with van der Waals surface area (Å²) in [5, 5.41) is 0. The van der Waals surface area contributed by atoms with Crippen molar-refractivity contribution in [3.8, 4) is 0 Å². The molecule has 0 N–H and O–H groups in total. The lowest BCUT2D eigenvalue weighted by molar-refractivity contribution is -0.0498. The van der Waals surface area contributed by atoms with Crippen LogP contribution in [0.1, 0.15) is 91.9 Å². The highest BCUT2D eigenvalue weighted by Gasteiger charge is 2.31. The van der Waals surface area contributed by atoms with Crippen LogP contribution in [0.5, 0.6) is 0 Å². The first kappa shape index (κ1) is 28.8. The van der Waals surface area contributed by atoms with E-state index in [2.05, 4.69) is 20.4 Å². The molecule has 2 rings (SSSR count). The smallest absolute Gasteiger partial charge is 0.196 e. The van der Waals surface area contributed by atoms with Crippen molar-refractivity contribution in [3.05, 3.63) is 35.6 Å². The minimum Gasteiger partial charge on any atom is -0.498 e. The van der Waals surface area contributed by atoms with Gasteiger partial charge in [-0.25, -0.2) is 8.78 Å². The van der Waals surface area contributed by atoms with Crippen LogP contribution in [0.15, 0.2) is 35.6 Å². The Kier molecular flexibility index (Phi) is 14.8. The highest BCUT2D eigenvalue weighted by atomic mass is 19.2. The summed E-state index contributed by atoms with van der Waals surface area (Å²) in [6.07, 6.45) is 12.9. The largest absolute Gasteiger partial charge is 0.498 e. The van der Waals surface area contributed by atoms with Gasteiger partial charge in [-0.2, -0.15) is 0 Å². The van der Waals surface area contributed by atoms with Crippen molar-refractivity contribution in [1.29, 1.82) is 0 Å². The van der Waals surface area contributed by atoms with E-state index in [9.17, 15) is 8.78 Å². The van der Waals surface area contributed by atoms with Gasteiger partial charge in [-0.15, -0.1) is 6.58 Å². The Morgan fingerprint density at radius 3 is 2.12 bits per heavy atom. The van der Waals surface area contributed by atoms with Gasteiger partial charge in [0.25, 0.3) is 0 Å². The summed E-state index contributed by atoms with van der Waals surface area (Å²) in [5.41, 5.74) is 0.354. The van der Waals surface area contributed by atoms with E-state index in [1.807, 2.05) is 13.0 Å². The SMILES string of the molecule is C=CCCC1CCC(C2CCC(OC/C(CC)=C(F)/C(F)=C(\C)OC)CC2)CO1.CCC. The van der Waals surface area contributed by atoms with Crippen molar-refractivity contribution >= 4 is 0 Å². The monoisotopic (exact) mass is 456 g/mol. The summed E-state index contributed by atoms with van der Waals surface area (Å²) in [6, 6.07) is 0. The Morgan fingerprint density at radius 2 is 1.62 bits per heavy atom. The Morgan fingerprint density at radius 1 is 1.00 bits per heavy atom. The van der Waals surface area contributed by atoms with Crippen molar-refractivity contribution in [2.24, 2.45) is 11.8 Å². The molecule has 5 heteroatoms. The Bertz CT molecular complexity index is 584. The fourth-order valence-electron chi connectivity index (χ4n) is 4.39. The van der Waals surface area contributed by atoms with E-state index in [1.54, 1.807) is 0 Å². The molecule has 0 bridgehead atoms. The third-order valence-corrected chi connectivity index (χ3v) is 6.52. The zero-order chi connectivity index (χ0) is 23.9. The van der Waals surface area contributed by atoms with E-state index in [0.717, 1.165) is 51.6 Å². The molecule has 0 radical (unpaired) electrons. The number of hydrogen-bond acceptors (Lipinski definition) is 3. The average molecular weight is 457 g/mol. The molecule has 32 heavy (non-hydrogen) atoms. The van der Waals surface area contributed by atoms with Crippen molar-refractivity contribution in [2.75, 3.05) is 20.3 Å². The first-order valence-electron chi connectivity index (χ1n) is 12.5. The highest BCUT2D eigenvalue weighted by molar-refractivity contribution is 5.27. The average Bonchev–Trinajstić information content (AvgIpc) is 2.83. The molecule has 1 saturated carbocycles. The second-order valence-corrected chi connectivity index (χ2v) is 9.06. The van der Waals surface area contributed by atoms with Gasteiger partial charge in [-0.1, -0.05) is 33.3 Å². The topological polar surface area (TPSA) is 27.7 Å². The van der Waals surface area contributed by atoms with Crippen LogP contribution in [0.4, 0.5) is 8.78 Å². The van der Waals surface area contributed by atoms with Gasteiger partial charge < -0.3 is 14.2 Å². The molecule has 1 heterocycles. The molecule has 0 aromatic rings. The fourth-order valence-corrected chi connectivity index (χ4v) is 4.39. The normalized spacial score (nSPS) is 27.5. The van der Waals surface area contributed by atoms with Gasteiger partial charge in [0.1, 0.15) is 5.76 Å². The zero-order valence-electron chi connectivity index (χ0n) is 21.1. The number of rotatable bonds is 10. The fraction of sp³-hybridized carbons (Fsp3) is 0.778. The molecule has 2 fully saturated rings. The number of ether oxygens (including phenoxy) is 3. The van der Waals surface area contributed by atoms with E-state index in [0.29, 0.717) is 29.9 Å². The van der Waals surface area contributed by atoms with Crippen LogP contribution < -0.4 is 0 Å². The summed E-state index contributed by atoms with van der Waals surface area (Å²) < 4.78 is 45.1. The quantitative estimate of drug-likeness (QED) is 0.188. The van der Waals surface area contributed by atoms with Crippen LogP contribution in [0.25, 0.3) is 0 Å². The molecule has 0 aromatic heterocycles. The molecule has 186 valence electrons. The standard InChI is InChI=1S/C24H38F2O3.C3H8/c1-5-7-8-21-14-11-20(16-29-21)19-9-12-22(13-10-19)28-15-18(6-2)24(26)23(25)17(3)27-4;1-3-2/h5,19-22H,1,6-16H2,2-4H3;3H2,1-2H3/b23-17-,24-18-;. The van der Waals surface area contributed by atoms with Crippen molar-refractivity contribution in [2.45, 2.75) is 104 Å². The first-order chi connectivity index (χ1) is 15.4. The lowest BCUT2D eigenvalue weighted by atomic mass is 9.76. The summed E-state index contributed by atoms with van der Waals surface area (Å²) in [6.45, 7) is 12.3. The maximum Gasteiger partial charge on any atom is 0.196 e. The van der Waals surface area contributed by atoms with E-state index in [1.165, 1.54) is 26.9 Å². The molecule has 0 aromatic carbocycles. The van der Waals surface area contributed by atoms with Crippen molar-refractivity contribution in [3.63, 3.8) is 0 Å². The molecule has 2 unspecified atom stereocenters. The number of methoxy groups -OCH3 is 1. The predicted molar refractivity (Wildman–Crippen MR) is 129 cm³/mol. The van der Waals surface area contributed by atoms with Gasteiger partial charge in [0.2, 0.25) is 0 Å². The van der Waals surface area contributed by atoms with Crippen LogP contribution in [0.3, 0.4) is 0 Å². The second kappa shape index (κ2) is 16.4. The van der Waals surface area contributed by atoms with Crippen LogP contribution in [-0.4, -0.2) is 32.5 Å². The number of halogens is 2. The summed E-state index contributed by atoms with van der Waals surface area (Å²) >= 11 is 0. The van der Waals surface area contributed by atoms with Crippen molar-refractivity contribution < 1.29 is 23.0 Å². The Balaban J connectivity index is 0.00000161. The van der Waals surface area contributed by atoms with Crippen LogP contribution in [0.2, 0.25) is 0 Å².